The number of carbonyl (C=O) groups excluding carboxylic acids is 1. The quantitative estimate of drug-likeness (QED) is 0.539. The fourth-order valence-electron chi connectivity index (χ4n) is 3.81. The predicted molar refractivity (Wildman–Crippen MR) is 105 cm³/mol. The molecule has 162 valence electrons. The first-order valence-electron chi connectivity index (χ1n) is 10.1. The van der Waals surface area contributed by atoms with Crippen molar-refractivity contribution in [2.45, 2.75) is 51.1 Å². The standard InChI is InChI=1S/C20H29F3N4O2/c1-12(2)24-7-8-25-19(28)27-11-15-5-3-13-10-26-17-6-4-14(20(21,22)23)9-16(17)18(13)29-15/h4,6,9,12-13,15,18,24,26H,3,5,7-8,10-11H2,1-2H3,(H2,25,27,28). The van der Waals surface area contributed by atoms with Crippen LogP contribution in [0.1, 0.15) is 43.9 Å². The number of hydrogen-bond acceptors (Lipinski definition) is 4. The molecule has 0 spiro atoms. The van der Waals surface area contributed by atoms with E-state index in [1.54, 1.807) is 0 Å². The number of nitrogens with one attached hydrogen (secondary N) is 4. The Morgan fingerprint density at radius 1 is 1.24 bits per heavy atom. The maximum Gasteiger partial charge on any atom is 0.416 e. The number of alkyl halides is 3. The van der Waals surface area contributed by atoms with Crippen LogP contribution >= 0.6 is 0 Å². The van der Waals surface area contributed by atoms with Gasteiger partial charge in [0, 0.05) is 49.4 Å². The number of urea groups is 1. The first kappa shape index (κ1) is 21.7. The molecule has 3 rings (SSSR count). The van der Waals surface area contributed by atoms with E-state index in [0.29, 0.717) is 43.5 Å². The van der Waals surface area contributed by atoms with Crippen LogP contribution in [0.4, 0.5) is 23.7 Å². The normalized spacial score (nSPS) is 23.7. The van der Waals surface area contributed by atoms with Gasteiger partial charge in [0.1, 0.15) is 0 Å². The maximum absolute atomic E-state index is 13.1. The lowest BCUT2D eigenvalue weighted by Crippen LogP contribution is -2.45. The molecule has 2 heterocycles. The molecule has 1 saturated heterocycles. The van der Waals surface area contributed by atoms with E-state index in [0.717, 1.165) is 18.9 Å². The largest absolute Gasteiger partial charge is 0.416 e. The van der Waals surface area contributed by atoms with E-state index in [-0.39, 0.29) is 18.1 Å². The van der Waals surface area contributed by atoms with Crippen LogP contribution in [0.5, 0.6) is 0 Å². The Labute approximate surface area is 169 Å². The minimum atomic E-state index is -4.39. The van der Waals surface area contributed by atoms with Crippen molar-refractivity contribution in [2.75, 3.05) is 31.5 Å². The van der Waals surface area contributed by atoms with Crippen molar-refractivity contribution in [3.05, 3.63) is 29.3 Å². The maximum atomic E-state index is 13.1. The summed E-state index contributed by atoms with van der Waals surface area (Å²) in [5, 5.41) is 12.0. The Morgan fingerprint density at radius 3 is 2.76 bits per heavy atom. The fourth-order valence-corrected chi connectivity index (χ4v) is 3.81. The number of fused-ring (bicyclic) bond motifs is 3. The highest BCUT2D eigenvalue weighted by atomic mass is 19.4. The molecule has 3 unspecified atom stereocenters. The van der Waals surface area contributed by atoms with E-state index in [9.17, 15) is 18.0 Å². The van der Waals surface area contributed by atoms with Gasteiger partial charge >= 0.3 is 12.2 Å². The third kappa shape index (κ3) is 5.76. The first-order valence-corrected chi connectivity index (χ1v) is 10.1. The molecule has 29 heavy (non-hydrogen) atoms. The van der Waals surface area contributed by atoms with Crippen LogP contribution in [0, 0.1) is 5.92 Å². The summed E-state index contributed by atoms with van der Waals surface area (Å²) >= 11 is 0. The zero-order valence-electron chi connectivity index (χ0n) is 16.7. The Bertz CT molecular complexity index is 711. The summed E-state index contributed by atoms with van der Waals surface area (Å²) < 4.78 is 45.5. The number of hydrogen-bond donors (Lipinski definition) is 4. The lowest BCUT2D eigenvalue weighted by atomic mass is 9.83. The highest BCUT2D eigenvalue weighted by Gasteiger charge is 2.38. The van der Waals surface area contributed by atoms with Crippen molar-refractivity contribution in [1.82, 2.24) is 16.0 Å². The molecule has 1 aromatic carbocycles. The molecular formula is C20H29F3N4O2. The average Bonchev–Trinajstić information content (AvgIpc) is 2.68. The van der Waals surface area contributed by atoms with E-state index >= 15 is 0 Å². The minimum Gasteiger partial charge on any atom is -0.384 e. The van der Waals surface area contributed by atoms with Crippen molar-refractivity contribution < 1.29 is 22.7 Å². The van der Waals surface area contributed by atoms with Gasteiger partial charge in [0.25, 0.3) is 0 Å². The summed E-state index contributed by atoms with van der Waals surface area (Å²) in [4.78, 5) is 11.9. The number of rotatable bonds is 6. The summed E-state index contributed by atoms with van der Waals surface area (Å²) in [5.41, 5.74) is 0.560. The molecule has 2 aliphatic heterocycles. The summed E-state index contributed by atoms with van der Waals surface area (Å²) in [6.07, 6.45) is -3.42. The number of carbonyl (C=O) groups is 1. The van der Waals surface area contributed by atoms with Crippen LogP contribution < -0.4 is 21.3 Å². The van der Waals surface area contributed by atoms with Crippen molar-refractivity contribution in [3.8, 4) is 0 Å². The van der Waals surface area contributed by atoms with Crippen molar-refractivity contribution >= 4 is 11.7 Å². The summed E-state index contributed by atoms with van der Waals surface area (Å²) in [7, 11) is 0. The van der Waals surface area contributed by atoms with E-state index in [4.69, 9.17) is 4.74 Å². The molecular weight excluding hydrogens is 385 g/mol. The van der Waals surface area contributed by atoms with E-state index < -0.39 is 17.8 Å². The van der Waals surface area contributed by atoms with Gasteiger partial charge in [0.05, 0.1) is 17.8 Å². The SMILES string of the molecule is CC(C)NCCNC(=O)NCC1CCC2CNc3ccc(C(F)(F)F)cc3C2O1. The van der Waals surface area contributed by atoms with Gasteiger partial charge < -0.3 is 26.0 Å². The number of amides is 2. The van der Waals surface area contributed by atoms with Gasteiger partial charge in [0.15, 0.2) is 0 Å². The zero-order chi connectivity index (χ0) is 21.0. The van der Waals surface area contributed by atoms with Gasteiger partial charge in [0.2, 0.25) is 0 Å². The number of halogens is 3. The van der Waals surface area contributed by atoms with Crippen molar-refractivity contribution in [3.63, 3.8) is 0 Å². The molecule has 0 bridgehead atoms. The topological polar surface area (TPSA) is 74.4 Å². The molecule has 1 aromatic rings. The predicted octanol–water partition coefficient (Wildman–Crippen LogP) is 3.26. The third-order valence-corrected chi connectivity index (χ3v) is 5.32. The molecule has 6 nitrogen and oxygen atoms in total. The van der Waals surface area contributed by atoms with Gasteiger partial charge in [-0.25, -0.2) is 4.79 Å². The van der Waals surface area contributed by atoms with Gasteiger partial charge in [-0.2, -0.15) is 13.2 Å². The lowest BCUT2D eigenvalue weighted by Gasteiger charge is -2.41. The highest BCUT2D eigenvalue weighted by Crippen LogP contribution is 2.44. The van der Waals surface area contributed by atoms with Gasteiger partial charge in [-0.05, 0) is 31.0 Å². The third-order valence-electron chi connectivity index (χ3n) is 5.32. The van der Waals surface area contributed by atoms with Gasteiger partial charge in [-0.3, -0.25) is 0 Å². The second kappa shape index (κ2) is 9.21. The smallest absolute Gasteiger partial charge is 0.384 e. The Hall–Kier alpha value is -2.00. The second-order valence-electron chi connectivity index (χ2n) is 7.94. The summed E-state index contributed by atoms with van der Waals surface area (Å²) in [6, 6.07) is 3.83. The van der Waals surface area contributed by atoms with Gasteiger partial charge in [-0.15, -0.1) is 0 Å². The van der Waals surface area contributed by atoms with E-state index in [1.165, 1.54) is 12.1 Å². The van der Waals surface area contributed by atoms with Crippen LogP contribution in [0.25, 0.3) is 0 Å². The van der Waals surface area contributed by atoms with Crippen LogP contribution in [-0.4, -0.2) is 44.4 Å². The second-order valence-corrected chi connectivity index (χ2v) is 7.94. The Balaban J connectivity index is 1.55. The lowest BCUT2D eigenvalue weighted by molar-refractivity contribution is -0.137. The molecule has 0 radical (unpaired) electrons. The summed E-state index contributed by atoms with van der Waals surface area (Å²) in [6.45, 7) is 6.26. The zero-order valence-corrected chi connectivity index (χ0v) is 16.7. The molecule has 9 heteroatoms. The summed E-state index contributed by atoms with van der Waals surface area (Å²) in [5.74, 6) is 0.123. The molecule has 3 atom stereocenters. The van der Waals surface area contributed by atoms with E-state index in [2.05, 4.69) is 21.3 Å². The molecule has 0 saturated carbocycles. The Morgan fingerprint density at radius 2 is 2.03 bits per heavy atom. The van der Waals surface area contributed by atoms with Gasteiger partial charge in [-0.1, -0.05) is 13.8 Å². The van der Waals surface area contributed by atoms with E-state index in [1.807, 2.05) is 13.8 Å². The van der Waals surface area contributed by atoms with Crippen LogP contribution in [0.15, 0.2) is 18.2 Å². The average molecular weight is 414 g/mol. The molecule has 0 aliphatic carbocycles. The molecule has 1 fully saturated rings. The van der Waals surface area contributed by atoms with Crippen molar-refractivity contribution in [1.29, 1.82) is 0 Å². The van der Waals surface area contributed by atoms with Crippen LogP contribution in [0.2, 0.25) is 0 Å². The highest BCUT2D eigenvalue weighted by molar-refractivity contribution is 5.73. The fraction of sp³-hybridized carbons (Fsp3) is 0.650. The van der Waals surface area contributed by atoms with Crippen molar-refractivity contribution in [2.24, 2.45) is 5.92 Å². The minimum absolute atomic E-state index is 0.123. The van der Waals surface area contributed by atoms with Crippen LogP contribution in [-0.2, 0) is 10.9 Å². The number of anilines is 1. The number of ether oxygens (including phenoxy) is 1. The van der Waals surface area contributed by atoms with Crippen LogP contribution in [0.3, 0.4) is 0 Å². The number of benzene rings is 1. The first-order chi connectivity index (χ1) is 13.7. The molecule has 2 amide bonds. The molecule has 2 aliphatic rings. The Kier molecular flexibility index (Phi) is 6.89. The molecule has 4 N–H and O–H groups in total. The molecule has 0 aromatic heterocycles. The monoisotopic (exact) mass is 414 g/mol.